The number of halogens is 2. The summed E-state index contributed by atoms with van der Waals surface area (Å²) in [5, 5.41) is 6.60. The molecule has 0 radical (unpaired) electrons. The summed E-state index contributed by atoms with van der Waals surface area (Å²) in [4.78, 5) is 20.4. The van der Waals surface area contributed by atoms with Crippen molar-refractivity contribution in [1.82, 2.24) is 9.97 Å². The maximum atomic E-state index is 12.3. The minimum Gasteiger partial charge on any atom is -0.370 e. The predicted molar refractivity (Wildman–Crippen MR) is 94.5 cm³/mol. The molecule has 122 valence electrons. The number of nitrogens with one attached hydrogen (secondary N) is 2. The summed E-state index contributed by atoms with van der Waals surface area (Å²) < 4.78 is 0. The maximum Gasteiger partial charge on any atom is 0.274 e. The largest absolute Gasteiger partial charge is 0.370 e. The van der Waals surface area contributed by atoms with Crippen molar-refractivity contribution in [1.29, 1.82) is 0 Å². The Kier molecular flexibility index (Phi) is 6.62. The van der Waals surface area contributed by atoms with Crippen molar-refractivity contribution in [2.45, 2.75) is 26.2 Å². The van der Waals surface area contributed by atoms with E-state index >= 15 is 0 Å². The highest BCUT2D eigenvalue weighted by atomic mass is 35.5. The summed E-state index contributed by atoms with van der Waals surface area (Å²) >= 11 is 12.1. The first-order valence-electron chi connectivity index (χ1n) is 7.43. The fourth-order valence-corrected chi connectivity index (χ4v) is 2.46. The van der Waals surface area contributed by atoms with Crippen molar-refractivity contribution in [2.24, 2.45) is 0 Å². The molecule has 0 saturated carbocycles. The molecule has 1 aromatic heterocycles. The van der Waals surface area contributed by atoms with Crippen molar-refractivity contribution in [3.05, 3.63) is 46.3 Å². The average molecular weight is 353 g/mol. The smallest absolute Gasteiger partial charge is 0.274 e. The molecule has 23 heavy (non-hydrogen) atoms. The van der Waals surface area contributed by atoms with Gasteiger partial charge in [-0.2, -0.15) is 0 Å². The predicted octanol–water partition coefficient (Wildman–Crippen LogP) is 4.64. The van der Waals surface area contributed by atoms with Gasteiger partial charge in [-0.15, -0.1) is 0 Å². The van der Waals surface area contributed by atoms with Gasteiger partial charge >= 0.3 is 0 Å². The fourth-order valence-electron chi connectivity index (χ4n) is 1.96. The first kappa shape index (κ1) is 17.5. The molecule has 7 heteroatoms. The monoisotopic (exact) mass is 352 g/mol. The molecule has 5 nitrogen and oxygen atoms in total. The van der Waals surface area contributed by atoms with Crippen LogP contribution in [0.2, 0.25) is 10.0 Å². The molecule has 2 aromatic rings. The number of hydrogen-bond acceptors (Lipinski definition) is 4. The van der Waals surface area contributed by atoms with Crippen molar-refractivity contribution in [3.63, 3.8) is 0 Å². The summed E-state index contributed by atoms with van der Waals surface area (Å²) in [5.74, 6) is 0.227. The van der Waals surface area contributed by atoms with Gasteiger partial charge in [0.05, 0.1) is 15.7 Å². The van der Waals surface area contributed by atoms with E-state index in [1.807, 2.05) is 0 Å². The second-order valence-corrected chi connectivity index (χ2v) is 5.79. The fraction of sp³-hybridized carbons (Fsp3) is 0.312. The Morgan fingerprint density at radius 2 is 1.91 bits per heavy atom. The zero-order valence-corrected chi connectivity index (χ0v) is 14.3. The Morgan fingerprint density at radius 1 is 1.17 bits per heavy atom. The Morgan fingerprint density at radius 3 is 2.61 bits per heavy atom. The normalized spacial score (nSPS) is 10.4. The molecule has 2 N–H and O–H groups in total. The number of nitrogens with zero attached hydrogens (tertiary/aromatic N) is 2. The number of rotatable bonds is 7. The second-order valence-electron chi connectivity index (χ2n) is 4.97. The molecule has 0 bridgehead atoms. The minimum atomic E-state index is -0.390. The molecule has 2 rings (SSSR count). The van der Waals surface area contributed by atoms with Gasteiger partial charge in [0, 0.05) is 12.6 Å². The lowest BCUT2D eigenvalue weighted by Crippen LogP contribution is -2.15. The van der Waals surface area contributed by atoms with Gasteiger partial charge in [-0.1, -0.05) is 49.0 Å². The van der Waals surface area contributed by atoms with Crippen LogP contribution in [0.25, 0.3) is 0 Å². The number of benzene rings is 1. The van der Waals surface area contributed by atoms with Gasteiger partial charge in [-0.3, -0.25) is 4.79 Å². The van der Waals surface area contributed by atoms with Gasteiger partial charge in [-0.05, 0) is 18.6 Å². The van der Waals surface area contributed by atoms with E-state index in [-0.39, 0.29) is 11.6 Å². The molecule has 0 aliphatic heterocycles. The zero-order chi connectivity index (χ0) is 16.7. The zero-order valence-electron chi connectivity index (χ0n) is 12.8. The Labute approximate surface area is 145 Å². The van der Waals surface area contributed by atoms with E-state index in [1.54, 1.807) is 24.3 Å². The van der Waals surface area contributed by atoms with E-state index in [0.29, 0.717) is 21.6 Å². The van der Waals surface area contributed by atoms with Crippen LogP contribution in [0.5, 0.6) is 0 Å². The van der Waals surface area contributed by atoms with Crippen LogP contribution in [0.4, 0.5) is 11.5 Å². The van der Waals surface area contributed by atoms with Crippen molar-refractivity contribution < 1.29 is 4.79 Å². The summed E-state index contributed by atoms with van der Waals surface area (Å²) in [5.41, 5.74) is 0.617. The van der Waals surface area contributed by atoms with Gasteiger partial charge in [0.25, 0.3) is 5.91 Å². The van der Waals surface area contributed by atoms with Gasteiger partial charge in [0.2, 0.25) is 0 Å². The summed E-state index contributed by atoms with van der Waals surface area (Å²) in [6, 6.07) is 6.63. The van der Waals surface area contributed by atoms with Gasteiger partial charge < -0.3 is 10.6 Å². The summed E-state index contributed by atoms with van der Waals surface area (Å²) in [6.45, 7) is 2.95. The van der Waals surface area contributed by atoms with E-state index in [1.165, 1.54) is 6.33 Å². The summed E-state index contributed by atoms with van der Waals surface area (Å²) in [6.07, 6.45) is 4.71. The maximum absolute atomic E-state index is 12.3. The number of carbonyl (C=O) groups excluding carboxylic acids is 1. The Hall–Kier alpha value is -1.85. The van der Waals surface area contributed by atoms with Crippen LogP contribution < -0.4 is 10.6 Å². The Bertz CT molecular complexity index is 659. The molecular formula is C16H18Cl2N4O. The first-order chi connectivity index (χ1) is 11.1. The lowest BCUT2D eigenvalue weighted by atomic mass is 10.2. The number of aromatic nitrogens is 2. The quantitative estimate of drug-likeness (QED) is 0.712. The van der Waals surface area contributed by atoms with Crippen LogP contribution in [0.3, 0.4) is 0 Å². The standard InChI is InChI=1S/C16H18Cl2N4O/c1-2-3-4-8-19-14-9-13(20-10-21-14)16(23)22-15-11(17)6-5-7-12(15)18/h5-7,9-10H,2-4,8H2,1H3,(H,22,23)(H,19,20,21). The highest BCUT2D eigenvalue weighted by Crippen LogP contribution is 2.30. The first-order valence-corrected chi connectivity index (χ1v) is 8.18. The topological polar surface area (TPSA) is 66.9 Å². The molecule has 1 amide bonds. The number of hydrogen-bond donors (Lipinski definition) is 2. The summed E-state index contributed by atoms with van der Waals surface area (Å²) in [7, 11) is 0. The SMILES string of the molecule is CCCCCNc1cc(C(=O)Nc2c(Cl)cccc2Cl)ncn1. The van der Waals surface area contributed by atoms with E-state index in [4.69, 9.17) is 23.2 Å². The molecule has 1 heterocycles. The van der Waals surface area contributed by atoms with Crippen LogP contribution in [-0.2, 0) is 0 Å². The molecule has 0 aliphatic rings. The molecule has 0 spiro atoms. The molecule has 0 saturated heterocycles. The number of para-hydroxylation sites is 1. The van der Waals surface area contributed by atoms with E-state index in [0.717, 1.165) is 25.8 Å². The van der Waals surface area contributed by atoms with Crippen molar-refractivity contribution in [3.8, 4) is 0 Å². The Balaban J connectivity index is 2.05. The second kappa shape index (κ2) is 8.70. The molecule has 0 fully saturated rings. The van der Waals surface area contributed by atoms with Crippen LogP contribution in [-0.4, -0.2) is 22.4 Å². The van der Waals surface area contributed by atoms with Crippen LogP contribution in [0.1, 0.15) is 36.7 Å². The minimum absolute atomic E-state index is 0.244. The van der Waals surface area contributed by atoms with E-state index in [2.05, 4.69) is 27.5 Å². The highest BCUT2D eigenvalue weighted by Gasteiger charge is 2.13. The number of unbranched alkanes of at least 4 members (excludes halogenated alkanes) is 2. The highest BCUT2D eigenvalue weighted by molar-refractivity contribution is 6.40. The van der Waals surface area contributed by atoms with E-state index < -0.39 is 0 Å². The molecule has 0 aliphatic carbocycles. The van der Waals surface area contributed by atoms with Crippen molar-refractivity contribution >= 4 is 40.6 Å². The molecule has 0 unspecified atom stereocenters. The van der Waals surface area contributed by atoms with Crippen LogP contribution in [0.15, 0.2) is 30.6 Å². The van der Waals surface area contributed by atoms with Gasteiger partial charge in [0.1, 0.15) is 17.8 Å². The molecule has 1 aromatic carbocycles. The van der Waals surface area contributed by atoms with Crippen molar-refractivity contribution in [2.75, 3.05) is 17.2 Å². The lowest BCUT2D eigenvalue weighted by Gasteiger charge is -2.09. The molecular weight excluding hydrogens is 335 g/mol. The van der Waals surface area contributed by atoms with Crippen LogP contribution >= 0.6 is 23.2 Å². The van der Waals surface area contributed by atoms with E-state index in [9.17, 15) is 4.79 Å². The third kappa shape index (κ3) is 5.08. The third-order valence-electron chi connectivity index (χ3n) is 3.19. The van der Waals surface area contributed by atoms with Gasteiger partial charge in [0.15, 0.2) is 0 Å². The number of amides is 1. The lowest BCUT2D eigenvalue weighted by molar-refractivity contribution is 0.102. The van der Waals surface area contributed by atoms with Gasteiger partial charge in [-0.25, -0.2) is 9.97 Å². The van der Waals surface area contributed by atoms with Crippen LogP contribution in [0, 0.1) is 0 Å². The molecule has 0 atom stereocenters. The number of carbonyl (C=O) groups is 1. The number of anilines is 2. The third-order valence-corrected chi connectivity index (χ3v) is 3.82. The average Bonchev–Trinajstić information content (AvgIpc) is 2.55.